The van der Waals surface area contributed by atoms with E-state index in [4.69, 9.17) is 33.7 Å². The van der Waals surface area contributed by atoms with E-state index in [0.29, 0.717) is 22.4 Å². The Balaban J connectivity index is 1.28. The Bertz CT molecular complexity index is 1130. The van der Waals surface area contributed by atoms with Crippen LogP contribution in [0.25, 0.3) is 0 Å². The van der Waals surface area contributed by atoms with Gasteiger partial charge in [-0.25, -0.2) is 4.99 Å². The first kappa shape index (κ1) is 22.6. The molecule has 1 unspecified atom stereocenters. The average Bonchev–Trinajstić information content (AvgIpc) is 2.77. The van der Waals surface area contributed by atoms with Gasteiger partial charge in [-0.15, -0.1) is 0 Å². The predicted octanol–water partition coefficient (Wildman–Crippen LogP) is 5.34. The lowest BCUT2D eigenvalue weighted by atomic mass is 10.1. The standard InChI is InChI=1S/C25H26Cl2N4O/c1-16-25(28)31-23-10-19(5-8-24(23)32-16)14-29-12-17-3-2-4-18(9-17)13-30-15-20-6-7-21(26)11-22(20)27/h2-11,16,29-30H,12-15H2,1H3,(H2,28,31). The molecule has 1 heterocycles. The molecule has 0 bridgehead atoms. The number of nitrogens with zero attached hydrogens (tertiary/aromatic N) is 1. The maximum Gasteiger partial charge on any atom is 0.153 e. The lowest BCUT2D eigenvalue weighted by Crippen LogP contribution is -2.33. The molecular formula is C25H26Cl2N4O. The summed E-state index contributed by atoms with van der Waals surface area (Å²) < 4.78 is 5.76. The van der Waals surface area contributed by atoms with Crippen LogP contribution >= 0.6 is 23.2 Å². The Labute approximate surface area is 198 Å². The molecule has 0 saturated carbocycles. The summed E-state index contributed by atoms with van der Waals surface area (Å²) in [7, 11) is 0. The first-order valence-electron chi connectivity index (χ1n) is 10.5. The normalized spacial score (nSPS) is 15.1. The second-order valence-electron chi connectivity index (χ2n) is 7.86. The van der Waals surface area contributed by atoms with E-state index in [1.165, 1.54) is 11.1 Å². The van der Waals surface area contributed by atoms with E-state index < -0.39 is 0 Å². The molecule has 7 heteroatoms. The van der Waals surface area contributed by atoms with Crippen molar-refractivity contribution >= 4 is 34.7 Å². The smallest absolute Gasteiger partial charge is 0.153 e. The number of aliphatic imine (C=N–C) groups is 1. The number of benzene rings is 3. The molecule has 32 heavy (non-hydrogen) atoms. The Morgan fingerprint density at radius 3 is 2.28 bits per heavy atom. The van der Waals surface area contributed by atoms with Gasteiger partial charge in [0.05, 0.1) is 0 Å². The van der Waals surface area contributed by atoms with Crippen LogP contribution < -0.4 is 21.1 Å². The van der Waals surface area contributed by atoms with Crippen LogP contribution in [0.2, 0.25) is 10.0 Å². The number of nitrogens with one attached hydrogen (secondary N) is 2. The highest BCUT2D eigenvalue weighted by Gasteiger charge is 2.18. The molecule has 0 fully saturated rings. The lowest BCUT2D eigenvalue weighted by Gasteiger charge is -2.21. The molecule has 3 aromatic carbocycles. The fourth-order valence-electron chi connectivity index (χ4n) is 3.55. The van der Waals surface area contributed by atoms with E-state index in [1.807, 2.05) is 31.2 Å². The Morgan fingerprint density at radius 2 is 1.56 bits per heavy atom. The Morgan fingerprint density at radius 1 is 0.875 bits per heavy atom. The van der Waals surface area contributed by atoms with Crippen LogP contribution in [0.15, 0.2) is 65.7 Å². The van der Waals surface area contributed by atoms with E-state index in [-0.39, 0.29) is 6.10 Å². The lowest BCUT2D eigenvalue weighted by molar-refractivity contribution is 0.281. The van der Waals surface area contributed by atoms with Crippen molar-refractivity contribution in [2.24, 2.45) is 10.7 Å². The maximum absolute atomic E-state index is 6.24. The summed E-state index contributed by atoms with van der Waals surface area (Å²) in [6.07, 6.45) is -0.184. The fourth-order valence-corrected chi connectivity index (χ4v) is 4.02. The van der Waals surface area contributed by atoms with Crippen LogP contribution in [0.1, 0.15) is 29.2 Å². The molecule has 0 amide bonds. The van der Waals surface area contributed by atoms with Crippen LogP contribution in [0.5, 0.6) is 5.75 Å². The maximum atomic E-state index is 6.24. The SMILES string of the molecule is CC1Oc2ccc(CNCc3cccc(CNCc4ccc(Cl)cc4Cl)c3)cc2N=C1N. The predicted molar refractivity (Wildman–Crippen MR) is 132 cm³/mol. The van der Waals surface area contributed by atoms with E-state index >= 15 is 0 Å². The van der Waals surface area contributed by atoms with Crippen molar-refractivity contribution in [1.29, 1.82) is 0 Å². The van der Waals surface area contributed by atoms with Gasteiger partial charge in [0, 0.05) is 36.2 Å². The fraction of sp³-hybridized carbons (Fsp3) is 0.240. The van der Waals surface area contributed by atoms with Crippen LogP contribution in [0.3, 0.4) is 0 Å². The Hall–Kier alpha value is -2.57. The first-order chi connectivity index (χ1) is 15.5. The first-order valence-corrected chi connectivity index (χ1v) is 11.3. The van der Waals surface area contributed by atoms with Crippen molar-refractivity contribution in [3.05, 3.63) is 93.0 Å². The van der Waals surface area contributed by atoms with Gasteiger partial charge in [0.25, 0.3) is 0 Å². The van der Waals surface area contributed by atoms with Gasteiger partial charge in [0.15, 0.2) is 6.10 Å². The minimum atomic E-state index is -0.184. The molecule has 0 aliphatic carbocycles. The quantitative estimate of drug-likeness (QED) is 0.416. The van der Waals surface area contributed by atoms with Gasteiger partial charge in [-0.3, -0.25) is 0 Å². The third-order valence-corrected chi connectivity index (χ3v) is 5.89. The van der Waals surface area contributed by atoms with Gasteiger partial charge in [-0.1, -0.05) is 59.6 Å². The third-order valence-electron chi connectivity index (χ3n) is 5.30. The van der Waals surface area contributed by atoms with Crippen LogP contribution in [0.4, 0.5) is 5.69 Å². The number of hydrogen-bond acceptors (Lipinski definition) is 5. The van der Waals surface area contributed by atoms with Crippen molar-refractivity contribution < 1.29 is 4.74 Å². The second-order valence-corrected chi connectivity index (χ2v) is 8.71. The number of nitrogens with two attached hydrogens (primary N) is 1. The minimum Gasteiger partial charge on any atom is -0.481 e. The van der Waals surface area contributed by atoms with E-state index in [2.05, 4.69) is 46.0 Å². The van der Waals surface area contributed by atoms with E-state index in [1.54, 1.807) is 6.07 Å². The molecule has 4 N–H and O–H groups in total. The van der Waals surface area contributed by atoms with Crippen molar-refractivity contribution in [3.63, 3.8) is 0 Å². The van der Waals surface area contributed by atoms with Gasteiger partial charge in [0.2, 0.25) is 0 Å². The molecule has 0 aromatic heterocycles. The van der Waals surface area contributed by atoms with Crippen LogP contribution in [-0.2, 0) is 26.2 Å². The van der Waals surface area contributed by atoms with E-state index in [9.17, 15) is 0 Å². The van der Waals surface area contributed by atoms with Crippen molar-refractivity contribution in [1.82, 2.24) is 10.6 Å². The molecule has 0 radical (unpaired) electrons. The highest BCUT2D eigenvalue weighted by Crippen LogP contribution is 2.32. The third kappa shape index (κ3) is 5.81. The zero-order valence-corrected chi connectivity index (χ0v) is 19.4. The molecular weight excluding hydrogens is 443 g/mol. The number of halogens is 2. The average molecular weight is 469 g/mol. The van der Waals surface area contributed by atoms with Crippen molar-refractivity contribution in [3.8, 4) is 5.75 Å². The molecule has 1 aliphatic heterocycles. The molecule has 5 nitrogen and oxygen atoms in total. The molecule has 3 aromatic rings. The number of amidine groups is 1. The van der Waals surface area contributed by atoms with Gasteiger partial charge in [-0.05, 0) is 53.4 Å². The molecule has 1 aliphatic rings. The van der Waals surface area contributed by atoms with Crippen LogP contribution in [-0.4, -0.2) is 11.9 Å². The van der Waals surface area contributed by atoms with Crippen molar-refractivity contribution in [2.45, 2.75) is 39.2 Å². The molecule has 0 spiro atoms. The second kappa shape index (κ2) is 10.4. The largest absolute Gasteiger partial charge is 0.481 e. The van der Waals surface area contributed by atoms with Gasteiger partial charge < -0.3 is 21.1 Å². The molecule has 1 atom stereocenters. The van der Waals surface area contributed by atoms with Crippen LogP contribution in [0, 0.1) is 0 Å². The molecule has 166 valence electrons. The topological polar surface area (TPSA) is 71.7 Å². The van der Waals surface area contributed by atoms with Gasteiger partial charge in [0.1, 0.15) is 17.3 Å². The number of ether oxygens (including phenoxy) is 1. The highest BCUT2D eigenvalue weighted by atomic mass is 35.5. The van der Waals surface area contributed by atoms with Gasteiger partial charge >= 0.3 is 0 Å². The molecule has 4 rings (SSSR count). The summed E-state index contributed by atoms with van der Waals surface area (Å²) in [6, 6.07) is 20.1. The Kier molecular flexibility index (Phi) is 7.33. The monoisotopic (exact) mass is 468 g/mol. The number of hydrogen-bond donors (Lipinski definition) is 3. The summed E-state index contributed by atoms with van der Waals surface area (Å²) in [6.45, 7) is 4.85. The van der Waals surface area contributed by atoms with Crippen molar-refractivity contribution in [2.75, 3.05) is 0 Å². The van der Waals surface area contributed by atoms with E-state index in [0.717, 1.165) is 42.2 Å². The molecule has 0 saturated heterocycles. The highest BCUT2D eigenvalue weighted by molar-refractivity contribution is 6.35. The number of fused-ring (bicyclic) bond motifs is 1. The summed E-state index contributed by atoms with van der Waals surface area (Å²) in [5.74, 6) is 1.28. The zero-order chi connectivity index (χ0) is 22.5. The van der Waals surface area contributed by atoms with Gasteiger partial charge in [-0.2, -0.15) is 0 Å². The summed E-state index contributed by atoms with van der Waals surface area (Å²) >= 11 is 12.2. The zero-order valence-electron chi connectivity index (χ0n) is 17.9. The summed E-state index contributed by atoms with van der Waals surface area (Å²) in [5, 5.41) is 8.26. The summed E-state index contributed by atoms with van der Waals surface area (Å²) in [5.41, 5.74) is 11.3. The summed E-state index contributed by atoms with van der Waals surface area (Å²) in [4.78, 5) is 4.45. The minimum absolute atomic E-state index is 0.184. The number of rotatable bonds is 8.